The maximum atomic E-state index is 12.8. The van der Waals surface area contributed by atoms with Crippen molar-refractivity contribution in [3.8, 4) is 11.3 Å². The van der Waals surface area contributed by atoms with E-state index in [1.54, 1.807) is 24.5 Å². The first-order chi connectivity index (χ1) is 14.0. The number of halogens is 1. The van der Waals surface area contributed by atoms with Gasteiger partial charge in [0.1, 0.15) is 5.56 Å². The van der Waals surface area contributed by atoms with Crippen molar-refractivity contribution in [2.45, 2.75) is 37.6 Å². The maximum absolute atomic E-state index is 12.8. The normalized spacial score (nSPS) is 19.1. The minimum Gasteiger partial charge on any atom is -0.477 e. The molecule has 1 aliphatic carbocycles. The Balaban J connectivity index is 1.64. The minimum absolute atomic E-state index is 0.132. The highest BCUT2D eigenvalue weighted by atomic mass is 35.5. The van der Waals surface area contributed by atoms with Crippen LogP contribution in [-0.2, 0) is 0 Å². The van der Waals surface area contributed by atoms with Crippen molar-refractivity contribution in [1.29, 1.82) is 0 Å². The van der Waals surface area contributed by atoms with E-state index < -0.39 is 11.5 Å². The van der Waals surface area contributed by atoms with Crippen molar-refractivity contribution in [2.24, 2.45) is 0 Å². The molecule has 1 saturated carbocycles. The fourth-order valence-electron chi connectivity index (χ4n) is 3.98. The number of nitrogens with zero attached hydrogens (tertiary/aromatic N) is 3. The van der Waals surface area contributed by atoms with Gasteiger partial charge >= 0.3 is 5.97 Å². The van der Waals surface area contributed by atoms with Gasteiger partial charge in [-0.25, -0.2) is 9.48 Å². The van der Waals surface area contributed by atoms with E-state index in [0.717, 1.165) is 30.7 Å². The summed E-state index contributed by atoms with van der Waals surface area (Å²) in [6.07, 6.45) is 6.52. The quantitative estimate of drug-likeness (QED) is 0.682. The number of hydrogen-bond acceptors (Lipinski definition) is 4. The van der Waals surface area contributed by atoms with Crippen LogP contribution in [0.4, 0.5) is 0 Å². The Morgan fingerprint density at radius 3 is 2.55 bits per heavy atom. The average molecular weight is 410 g/mol. The first-order valence-electron chi connectivity index (χ1n) is 9.56. The second-order valence-corrected chi connectivity index (χ2v) is 7.74. The van der Waals surface area contributed by atoms with E-state index in [4.69, 9.17) is 11.6 Å². The lowest BCUT2D eigenvalue weighted by Gasteiger charge is -2.29. The number of carboxylic acid groups (broad SMARTS) is 1. The predicted molar refractivity (Wildman–Crippen MR) is 110 cm³/mol. The number of hydrogen-bond donors (Lipinski definition) is 1. The lowest BCUT2D eigenvalue weighted by atomic mass is 9.82. The van der Waals surface area contributed by atoms with Crippen molar-refractivity contribution in [3.63, 3.8) is 0 Å². The van der Waals surface area contributed by atoms with Gasteiger partial charge in [0.05, 0.1) is 11.7 Å². The summed E-state index contributed by atoms with van der Waals surface area (Å²) in [5.41, 5.74) is 1.49. The van der Waals surface area contributed by atoms with Gasteiger partial charge in [-0.3, -0.25) is 9.78 Å². The molecule has 29 heavy (non-hydrogen) atoms. The first kappa shape index (κ1) is 19.3. The number of benzene rings is 1. The van der Waals surface area contributed by atoms with Crippen molar-refractivity contribution in [1.82, 2.24) is 14.8 Å². The Labute approximate surface area is 172 Å². The molecule has 1 aliphatic rings. The molecule has 2 heterocycles. The molecular weight excluding hydrogens is 390 g/mol. The minimum atomic E-state index is -1.25. The molecule has 0 atom stereocenters. The lowest BCUT2D eigenvalue weighted by Crippen LogP contribution is -2.33. The maximum Gasteiger partial charge on any atom is 0.341 e. The topological polar surface area (TPSA) is 85.1 Å². The van der Waals surface area contributed by atoms with Gasteiger partial charge in [-0.1, -0.05) is 23.7 Å². The molecule has 0 unspecified atom stereocenters. The van der Waals surface area contributed by atoms with Gasteiger partial charge in [-0.15, -0.1) is 0 Å². The molecule has 0 aliphatic heterocycles. The fourth-order valence-corrected chi connectivity index (χ4v) is 4.18. The molecule has 7 heteroatoms. The number of carbonyl (C=O) groups is 1. The molecule has 0 spiro atoms. The molecule has 0 saturated heterocycles. The summed E-state index contributed by atoms with van der Waals surface area (Å²) >= 11 is 6.12. The molecule has 4 rings (SSSR count). The summed E-state index contributed by atoms with van der Waals surface area (Å²) in [6, 6.07) is 12.6. The highest BCUT2D eigenvalue weighted by Crippen LogP contribution is 2.38. The second kappa shape index (κ2) is 8.17. The van der Waals surface area contributed by atoms with E-state index in [1.165, 1.54) is 16.3 Å². The summed E-state index contributed by atoms with van der Waals surface area (Å²) in [5.74, 6) is -0.870. The Morgan fingerprint density at radius 2 is 1.90 bits per heavy atom. The molecule has 1 N–H and O–H groups in total. The Hall–Kier alpha value is -2.99. The molecule has 2 aromatic heterocycles. The molecule has 1 aromatic carbocycles. The summed E-state index contributed by atoms with van der Waals surface area (Å²) < 4.78 is 1.36. The Bertz CT molecular complexity index is 1090. The van der Waals surface area contributed by atoms with Crippen molar-refractivity contribution in [2.75, 3.05) is 0 Å². The fraction of sp³-hybridized carbons (Fsp3) is 0.273. The standard InChI is InChI=1S/C22H20ClN3O3/c23-17-5-1-3-15(11-17)14-6-8-18(9-7-14)26-21(27)19(22(28)29)12-20(25-26)16-4-2-10-24-13-16/h1-5,10-14,18H,6-9H2,(H,28,29). The van der Waals surface area contributed by atoms with E-state index >= 15 is 0 Å². The molecule has 148 valence electrons. The Morgan fingerprint density at radius 1 is 1.10 bits per heavy atom. The number of aromatic nitrogens is 3. The summed E-state index contributed by atoms with van der Waals surface area (Å²) in [4.78, 5) is 28.5. The third-order valence-corrected chi connectivity index (χ3v) is 5.72. The molecule has 0 bridgehead atoms. The number of carboxylic acids is 1. The smallest absolute Gasteiger partial charge is 0.341 e. The monoisotopic (exact) mass is 409 g/mol. The van der Waals surface area contributed by atoms with Crippen LogP contribution in [0.5, 0.6) is 0 Å². The zero-order valence-corrected chi connectivity index (χ0v) is 16.4. The first-order valence-corrected chi connectivity index (χ1v) is 9.94. The third kappa shape index (κ3) is 4.07. The van der Waals surface area contributed by atoms with Gasteiger partial charge in [0.2, 0.25) is 0 Å². The zero-order valence-electron chi connectivity index (χ0n) is 15.7. The SMILES string of the molecule is O=C(O)c1cc(-c2cccnc2)nn(C2CCC(c3cccc(Cl)c3)CC2)c1=O. The summed E-state index contributed by atoms with van der Waals surface area (Å²) in [5, 5.41) is 14.7. The molecule has 6 nitrogen and oxygen atoms in total. The van der Waals surface area contributed by atoms with Gasteiger partial charge in [-0.2, -0.15) is 5.10 Å². The molecule has 1 fully saturated rings. The van der Waals surface area contributed by atoms with Crippen molar-refractivity contribution in [3.05, 3.63) is 81.4 Å². The van der Waals surface area contributed by atoms with Crippen LogP contribution in [0.2, 0.25) is 5.02 Å². The van der Waals surface area contributed by atoms with Crippen LogP contribution in [0.1, 0.15) is 53.6 Å². The molecular formula is C22H20ClN3O3. The number of aromatic carboxylic acids is 1. The number of pyridine rings is 1. The van der Waals surface area contributed by atoms with Crippen LogP contribution in [0.3, 0.4) is 0 Å². The van der Waals surface area contributed by atoms with Crippen molar-refractivity contribution < 1.29 is 9.90 Å². The largest absolute Gasteiger partial charge is 0.477 e. The second-order valence-electron chi connectivity index (χ2n) is 7.30. The van der Waals surface area contributed by atoms with E-state index in [9.17, 15) is 14.7 Å². The van der Waals surface area contributed by atoms with Gasteiger partial charge in [0.15, 0.2) is 0 Å². The third-order valence-electron chi connectivity index (χ3n) is 5.49. The Kier molecular flexibility index (Phi) is 5.45. The molecule has 0 amide bonds. The predicted octanol–water partition coefficient (Wildman–Crippen LogP) is 4.56. The van der Waals surface area contributed by atoms with Crippen LogP contribution in [-0.4, -0.2) is 25.8 Å². The van der Waals surface area contributed by atoms with Crippen LogP contribution < -0.4 is 5.56 Å². The molecule has 3 aromatic rings. The van der Waals surface area contributed by atoms with Crippen LogP contribution in [0, 0.1) is 0 Å². The van der Waals surface area contributed by atoms with Gasteiger partial charge in [0.25, 0.3) is 5.56 Å². The molecule has 0 radical (unpaired) electrons. The summed E-state index contributed by atoms with van der Waals surface area (Å²) in [7, 11) is 0. The number of rotatable bonds is 4. The van der Waals surface area contributed by atoms with Crippen LogP contribution in [0.25, 0.3) is 11.3 Å². The van der Waals surface area contributed by atoms with Gasteiger partial charge in [-0.05, 0) is 67.5 Å². The van der Waals surface area contributed by atoms with Crippen molar-refractivity contribution >= 4 is 17.6 Å². The lowest BCUT2D eigenvalue weighted by molar-refractivity contribution is 0.0693. The van der Waals surface area contributed by atoms with E-state index in [1.807, 2.05) is 18.2 Å². The van der Waals surface area contributed by atoms with Crippen LogP contribution in [0.15, 0.2) is 59.7 Å². The highest BCUT2D eigenvalue weighted by Gasteiger charge is 2.27. The zero-order chi connectivity index (χ0) is 20.4. The summed E-state index contributed by atoms with van der Waals surface area (Å²) in [6.45, 7) is 0. The van der Waals surface area contributed by atoms with E-state index in [0.29, 0.717) is 17.2 Å². The van der Waals surface area contributed by atoms with E-state index in [2.05, 4.69) is 16.1 Å². The highest BCUT2D eigenvalue weighted by molar-refractivity contribution is 6.30. The van der Waals surface area contributed by atoms with E-state index in [-0.39, 0.29) is 11.6 Å². The average Bonchev–Trinajstić information content (AvgIpc) is 2.74. The van der Waals surface area contributed by atoms with Gasteiger partial charge < -0.3 is 5.11 Å². The van der Waals surface area contributed by atoms with Crippen LogP contribution >= 0.6 is 11.6 Å². The van der Waals surface area contributed by atoms with Gasteiger partial charge in [0, 0.05) is 23.0 Å².